The molecule has 5 heteroatoms. The smallest absolute Gasteiger partial charge is 0.410 e. The minimum Gasteiger partial charge on any atom is -0.490 e. The maximum absolute atomic E-state index is 12.7. The van der Waals surface area contributed by atoms with Crippen LogP contribution in [-0.2, 0) is 24.3 Å². The lowest BCUT2D eigenvalue weighted by molar-refractivity contribution is 0.0921. The highest BCUT2D eigenvalue weighted by molar-refractivity contribution is 5.89. The normalized spacial score (nSPS) is 18.3. The Bertz CT molecular complexity index is 996. The molecule has 2 aliphatic heterocycles. The van der Waals surface area contributed by atoms with Crippen LogP contribution in [0.25, 0.3) is 10.9 Å². The number of aromatic nitrogens is 1. The van der Waals surface area contributed by atoms with Gasteiger partial charge < -0.3 is 18.9 Å². The summed E-state index contributed by atoms with van der Waals surface area (Å²) in [4.78, 5) is 14.6. The molecular weight excluding hydrogens is 352 g/mol. The van der Waals surface area contributed by atoms with Gasteiger partial charge in [0, 0.05) is 24.2 Å². The van der Waals surface area contributed by atoms with Crippen molar-refractivity contribution in [2.75, 3.05) is 13.2 Å². The van der Waals surface area contributed by atoms with Crippen molar-refractivity contribution in [1.29, 1.82) is 0 Å². The van der Waals surface area contributed by atoms with Gasteiger partial charge in [0.1, 0.15) is 19.0 Å². The van der Waals surface area contributed by atoms with Crippen LogP contribution in [0.1, 0.15) is 24.0 Å². The van der Waals surface area contributed by atoms with Gasteiger partial charge in [-0.2, -0.15) is 0 Å². The second-order valence-electron chi connectivity index (χ2n) is 7.58. The summed E-state index contributed by atoms with van der Waals surface area (Å²) < 4.78 is 13.7. The van der Waals surface area contributed by atoms with Crippen LogP contribution in [0.15, 0.2) is 54.7 Å². The van der Waals surface area contributed by atoms with Crippen LogP contribution < -0.4 is 4.74 Å². The van der Waals surface area contributed by atoms with Gasteiger partial charge in [0.15, 0.2) is 0 Å². The van der Waals surface area contributed by atoms with Crippen molar-refractivity contribution in [3.05, 3.63) is 65.9 Å². The maximum atomic E-state index is 12.7. The monoisotopic (exact) mass is 376 g/mol. The van der Waals surface area contributed by atoms with E-state index in [0.717, 1.165) is 43.7 Å². The molecule has 0 N–H and O–H groups in total. The first-order valence-corrected chi connectivity index (χ1v) is 10.0. The van der Waals surface area contributed by atoms with Crippen LogP contribution in [0, 0.1) is 0 Å². The van der Waals surface area contributed by atoms with Crippen LogP contribution in [0.3, 0.4) is 0 Å². The van der Waals surface area contributed by atoms with Gasteiger partial charge in [0.05, 0.1) is 12.1 Å². The molecule has 0 unspecified atom stereocenters. The number of ether oxygens (including phenoxy) is 2. The summed E-state index contributed by atoms with van der Waals surface area (Å²) in [6, 6.07) is 16.3. The van der Waals surface area contributed by atoms with E-state index >= 15 is 0 Å². The van der Waals surface area contributed by atoms with Gasteiger partial charge in [-0.15, -0.1) is 0 Å². The number of nitrogens with zero attached hydrogens (tertiary/aromatic N) is 2. The van der Waals surface area contributed by atoms with E-state index in [9.17, 15) is 4.79 Å². The average Bonchev–Trinajstić information content (AvgIpc) is 3.34. The number of hydrogen-bond acceptors (Lipinski definition) is 3. The van der Waals surface area contributed by atoms with Crippen molar-refractivity contribution in [3.63, 3.8) is 0 Å². The van der Waals surface area contributed by atoms with Crippen molar-refractivity contribution < 1.29 is 14.3 Å². The third kappa shape index (κ3) is 3.11. The zero-order chi connectivity index (χ0) is 18.9. The van der Waals surface area contributed by atoms with Crippen LogP contribution >= 0.6 is 0 Å². The summed E-state index contributed by atoms with van der Waals surface area (Å²) in [6.45, 7) is 2.68. The quantitative estimate of drug-likeness (QED) is 0.679. The lowest BCUT2D eigenvalue weighted by Gasteiger charge is -2.24. The number of carbonyl (C=O) groups is 1. The Labute approximate surface area is 164 Å². The fraction of sp³-hybridized carbons (Fsp3) is 0.348. The topological polar surface area (TPSA) is 43.7 Å². The van der Waals surface area contributed by atoms with E-state index in [1.165, 1.54) is 16.5 Å². The highest BCUT2D eigenvalue weighted by atomic mass is 16.6. The second kappa shape index (κ2) is 7.23. The summed E-state index contributed by atoms with van der Waals surface area (Å²) in [5.74, 6) is 0.959. The van der Waals surface area contributed by atoms with Gasteiger partial charge in [-0.05, 0) is 36.5 Å². The van der Waals surface area contributed by atoms with E-state index in [1.54, 1.807) is 0 Å². The molecular formula is C23H24N2O3. The lowest BCUT2D eigenvalue weighted by atomic mass is 10.0. The van der Waals surface area contributed by atoms with Crippen molar-refractivity contribution in [2.24, 2.45) is 0 Å². The van der Waals surface area contributed by atoms with Crippen molar-refractivity contribution in [3.8, 4) is 5.75 Å². The van der Waals surface area contributed by atoms with E-state index in [-0.39, 0.29) is 12.1 Å². The van der Waals surface area contributed by atoms with Crippen molar-refractivity contribution in [2.45, 2.75) is 38.5 Å². The molecule has 1 aromatic heterocycles. The number of para-hydroxylation sites is 1. The first-order valence-electron chi connectivity index (χ1n) is 10.0. The fourth-order valence-corrected chi connectivity index (χ4v) is 4.45. The Balaban J connectivity index is 1.32. The number of carbonyl (C=O) groups excluding carboxylic acids is 1. The zero-order valence-corrected chi connectivity index (χ0v) is 15.8. The van der Waals surface area contributed by atoms with Crippen LogP contribution in [0.2, 0.25) is 0 Å². The molecule has 28 heavy (non-hydrogen) atoms. The largest absolute Gasteiger partial charge is 0.490 e. The van der Waals surface area contributed by atoms with Crippen LogP contribution in [-0.4, -0.2) is 34.8 Å². The molecule has 1 amide bonds. The molecule has 0 aliphatic carbocycles. The van der Waals surface area contributed by atoms with Crippen LogP contribution in [0.5, 0.6) is 5.75 Å². The SMILES string of the molecule is O=C(OCc1ccccc1)N1CCC[C@H]1Cc1cn2c3c(cccc13)OCC2. The molecule has 0 bridgehead atoms. The molecule has 5 nitrogen and oxygen atoms in total. The highest BCUT2D eigenvalue weighted by Gasteiger charge is 2.31. The van der Waals surface area contributed by atoms with Gasteiger partial charge in [-0.3, -0.25) is 0 Å². The summed E-state index contributed by atoms with van der Waals surface area (Å²) in [6.07, 6.45) is 4.93. The van der Waals surface area contributed by atoms with E-state index in [1.807, 2.05) is 41.3 Å². The summed E-state index contributed by atoms with van der Waals surface area (Å²) in [7, 11) is 0. The van der Waals surface area contributed by atoms with Gasteiger partial charge in [0.2, 0.25) is 0 Å². The first kappa shape index (κ1) is 17.2. The molecule has 2 aromatic carbocycles. The molecule has 144 valence electrons. The molecule has 2 aliphatic rings. The number of benzene rings is 2. The molecule has 0 spiro atoms. The van der Waals surface area contributed by atoms with E-state index in [4.69, 9.17) is 9.47 Å². The predicted octanol–water partition coefficient (Wildman–Crippen LogP) is 4.38. The van der Waals surface area contributed by atoms with Gasteiger partial charge >= 0.3 is 6.09 Å². The first-order chi connectivity index (χ1) is 13.8. The Kier molecular flexibility index (Phi) is 4.43. The summed E-state index contributed by atoms with van der Waals surface area (Å²) in [5, 5.41) is 1.24. The molecule has 1 saturated heterocycles. The van der Waals surface area contributed by atoms with Gasteiger partial charge in [0.25, 0.3) is 0 Å². The summed E-state index contributed by atoms with van der Waals surface area (Å²) in [5.41, 5.74) is 3.48. The maximum Gasteiger partial charge on any atom is 0.410 e. The number of rotatable bonds is 4. The standard InChI is InChI=1S/C23H24N2O3/c26-23(28-16-17-6-2-1-3-7-17)25-11-5-8-19(25)14-18-15-24-12-13-27-21-10-4-9-20(18)22(21)24/h1-4,6-7,9-10,15,19H,5,8,11-14,16H2/t19-/m0/s1. The third-order valence-corrected chi connectivity index (χ3v) is 5.81. The third-order valence-electron chi connectivity index (χ3n) is 5.81. The number of likely N-dealkylation sites (tertiary alicyclic amines) is 1. The molecule has 0 saturated carbocycles. The van der Waals surface area contributed by atoms with Crippen molar-refractivity contribution >= 4 is 17.0 Å². The average molecular weight is 376 g/mol. The Morgan fingerprint density at radius 3 is 2.89 bits per heavy atom. The molecule has 3 heterocycles. The summed E-state index contributed by atoms with van der Waals surface area (Å²) >= 11 is 0. The molecule has 1 fully saturated rings. The minimum absolute atomic E-state index is 0.188. The molecule has 0 radical (unpaired) electrons. The molecule has 1 atom stereocenters. The Hall–Kier alpha value is -2.95. The van der Waals surface area contributed by atoms with E-state index < -0.39 is 0 Å². The Morgan fingerprint density at radius 1 is 1.11 bits per heavy atom. The molecule has 5 rings (SSSR count). The van der Waals surface area contributed by atoms with Gasteiger partial charge in [-0.25, -0.2) is 4.79 Å². The predicted molar refractivity (Wildman–Crippen MR) is 107 cm³/mol. The Morgan fingerprint density at radius 2 is 2.00 bits per heavy atom. The molecule has 3 aromatic rings. The van der Waals surface area contributed by atoms with Crippen LogP contribution in [0.4, 0.5) is 4.79 Å². The number of amides is 1. The lowest BCUT2D eigenvalue weighted by Crippen LogP contribution is -2.37. The zero-order valence-electron chi connectivity index (χ0n) is 15.8. The fourth-order valence-electron chi connectivity index (χ4n) is 4.45. The van der Waals surface area contributed by atoms with Gasteiger partial charge in [-0.1, -0.05) is 42.5 Å². The minimum atomic E-state index is -0.205. The second-order valence-corrected chi connectivity index (χ2v) is 7.58. The van der Waals surface area contributed by atoms with E-state index in [0.29, 0.717) is 13.2 Å². The van der Waals surface area contributed by atoms with E-state index in [2.05, 4.69) is 22.9 Å². The van der Waals surface area contributed by atoms with Crippen molar-refractivity contribution in [1.82, 2.24) is 9.47 Å². The highest BCUT2D eigenvalue weighted by Crippen LogP contribution is 2.34. The number of hydrogen-bond donors (Lipinski definition) is 0.